The van der Waals surface area contributed by atoms with Crippen LogP contribution < -0.4 is 5.56 Å². The lowest BCUT2D eigenvalue weighted by atomic mass is 10.4. The van der Waals surface area contributed by atoms with Gasteiger partial charge < -0.3 is 9.72 Å². The Morgan fingerprint density at radius 1 is 1.69 bits per heavy atom. The largest absolute Gasteiger partial charge is 0.455 e. The quantitative estimate of drug-likeness (QED) is 0.672. The number of rotatable bonds is 2. The van der Waals surface area contributed by atoms with Crippen LogP contribution in [0.5, 0.6) is 0 Å². The number of carbonyl (C=O) groups is 1. The maximum absolute atomic E-state index is 10.8. The Hall–Kier alpha value is -1.65. The van der Waals surface area contributed by atoms with Gasteiger partial charge in [0.25, 0.3) is 5.56 Å². The van der Waals surface area contributed by atoms with E-state index in [1.54, 1.807) is 6.92 Å². The molecule has 13 heavy (non-hydrogen) atoms. The molecule has 0 saturated carbocycles. The second-order valence-corrected chi connectivity index (χ2v) is 2.57. The average molecular weight is 182 g/mol. The van der Waals surface area contributed by atoms with E-state index in [0.29, 0.717) is 5.82 Å². The van der Waals surface area contributed by atoms with Crippen molar-refractivity contribution >= 4 is 5.97 Å². The molecule has 0 saturated heterocycles. The van der Waals surface area contributed by atoms with Gasteiger partial charge in [-0.25, -0.2) is 4.98 Å². The van der Waals surface area contributed by atoms with E-state index >= 15 is 0 Å². The second kappa shape index (κ2) is 3.84. The Balaban J connectivity index is 2.82. The number of esters is 1. The molecule has 5 heteroatoms. The van der Waals surface area contributed by atoms with Gasteiger partial charge in [-0.05, 0) is 6.92 Å². The molecule has 0 radical (unpaired) electrons. The molecule has 5 nitrogen and oxygen atoms in total. The maximum Gasteiger partial charge on any atom is 0.303 e. The molecule has 1 aromatic heterocycles. The first kappa shape index (κ1) is 9.44. The number of nitrogens with one attached hydrogen (secondary N) is 1. The first-order valence-electron chi connectivity index (χ1n) is 3.82. The minimum absolute atomic E-state index is 0.260. The number of aromatic amines is 1. The van der Waals surface area contributed by atoms with E-state index < -0.39 is 12.1 Å². The van der Waals surface area contributed by atoms with Gasteiger partial charge >= 0.3 is 5.97 Å². The topological polar surface area (TPSA) is 72.0 Å². The summed E-state index contributed by atoms with van der Waals surface area (Å²) in [6.45, 7) is 2.94. The lowest BCUT2D eigenvalue weighted by Gasteiger charge is -2.09. The van der Waals surface area contributed by atoms with Crippen molar-refractivity contribution in [2.45, 2.75) is 20.0 Å². The second-order valence-electron chi connectivity index (χ2n) is 2.57. The van der Waals surface area contributed by atoms with Gasteiger partial charge in [0.15, 0.2) is 6.10 Å². The Kier molecular flexibility index (Phi) is 2.79. The van der Waals surface area contributed by atoms with Gasteiger partial charge in [0, 0.05) is 19.2 Å². The molecule has 0 spiro atoms. The molecule has 1 rings (SSSR count). The summed E-state index contributed by atoms with van der Waals surface area (Å²) in [5, 5.41) is 0. The molecule has 1 unspecified atom stereocenters. The van der Waals surface area contributed by atoms with Crippen molar-refractivity contribution < 1.29 is 9.53 Å². The molecule has 1 atom stereocenters. The first-order valence-corrected chi connectivity index (χ1v) is 3.82. The molecule has 1 N–H and O–H groups in total. The summed E-state index contributed by atoms with van der Waals surface area (Å²) in [5.41, 5.74) is -0.260. The Morgan fingerprint density at radius 2 is 2.38 bits per heavy atom. The van der Waals surface area contributed by atoms with Gasteiger partial charge in [-0.1, -0.05) is 0 Å². The van der Waals surface area contributed by atoms with Gasteiger partial charge in [0.2, 0.25) is 0 Å². The van der Waals surface area contributed by atoms with Crippen LogP contribution >= 0.6 is 0 Å². The zero-order chi connectivity index (χ0) is 9.84. The summed E-state index contributed by atoms with van der Waals surface area (Å²) in [5.74, 6) is -0.0540. The SMILES string of the molecule is CC(=O)OC(C)c1nccc(=O)[nH]1. The zero-order valence-corrected chi connectivity index (χ0v) is 7.40. The highest BCUT2D eigenvalue weighted by molar-refractivity contribution is 5.66. The number of H-pyrrole nitrogens is 1. The number of hydrogen-bond acceptors (Lipinski definition) is 4. The number of nitrogens with zero attached hydrogens (tertiary/aromatic N) is 1. The van der Waals surface area contributed by atoms with Gasteiger partial charge in [-0.15, -0.1) is 0 Å². The smallest absolute Gasteiger partial charge is 0.303 e. The molecule has 0 aliphatic rings. The summed E-state index contributed by atoms with van der Waals surface area (Å²) in [6, 6.07) is 1.30. The van der Waals surface area contributed by atoms with Crippen molar-refractivity contribution in [1.29, 1.82) is 0 Å². The minimum Gasteiger partial charge on any atom is -0.455 e. The summed E-state index contributed by atoms with van der Waals surface area (Å²) < 4.78 is 4.82. The molecule has 1 aromatic rings. The fraction of sp³-hybridized carbons (Fsp3) is 0.375. The van der Waals surface area contributed by atoms with E-state index in [4.69, 9.17) is 4.74 Å². The lowest BCUT2D eigenvalue weighted by Crippen LogP contribution is -2.14. The van der Waals surface area contributed by atoms with Gasteiger partial charge in [0.05, 0.1) is 0 Å². The molecule has 1 heterocycles. The summed E-state index contributed by atoms with van der Waals surface area (Å²) in [4.78, 5) is 27.7. The molecule has 70 valence electrons. The van der Waals surface area contributed by atoms with Crippen LogP contribution in [0.1, 0.15) is 25.8 Å². The molecule has 0 bridgehead atoms. The highest BCUT2D eigenvalue weighted by Gasteiger charge is 2.09. The van der Waals surface area contributed by atoms with Gasteiger partial charge in [0.1, 0.15) is 5.82 Å². The standard InChI is InChI=1S/C8H10N2O3/c1-5(13-6(2)11)8-9-4-3-7(12)10-8/h3-5H,1-2H3,(H,9,10,12). The number of aromatic nitrogens is 2. The molecular weight excluding hydrogens is 172 g/mol. The predicted octanol–water partition coefficient (Wildman–Crippen LogP) is 0.394. The summed E-state index contributed by atoms with van der Waals surface area (Å²) in [7, 11) is 0. The van der Waals surface area contributed by atoms with Gasteiger partial charge in [-0.3, -0.25) is 9.59 Å². The van der Waals surface area contributed by atoms with Crippen molar-refractivity contribution in [2.24, 2.45) is 0 Å². The highest BCUT2D eigenvalue weighted by Crippen LogP contribution is 2.09. The summed E-state index contributed by atoms with van der Waals surface area (Å²) >= 11 is 0. The number of hydrogen-bond donors (Lipinski definition) is 1. The molecule has 0 fully saturated rings. The zero-order valence-electron chi connectivity index (χ0n) is 7.40. The average Bonchev–Trinajstić information content (AvgIpc) is 2.03. The van der Waals surface area contributed by atoms with Crippen LogP contribution in [0.4, 0.5) is 0 Å². The third kappa shape index (κ3) is 2.70. The van der Waals surface area contributed by atoms with Crippen molar-refractivity contribution in [2.75, 3.05) is 0 Å². The van der Waals surface area contributed by atoms with Crippen LogP contribution in [0.2, 0.25) is 0 Å². The van der Waals surface area contributed by atoms with Crippen LogP contribution in [-0.4, -0.2) is 15.9 Å². The lowest BCUT2D eigenvalue weighted by molar-refractivity contribution is -0.146. The van der Waals surface area contributed by atoms with Crippen LogP contribution in [0.15, 0.2) is 17.1 Å². The van der Waals surface area contributed by atoms with E-state index in [1.807, 2.05) is 0 Å². The fourth-order valence-corrected chi connectivity index (χ4v) is 0.897. The third-order valence-electron chi connectivity index (χ3n) is 1.42. The fourth-order valence-electron chi connectivity index (χ4n) is 0.897. The van der Waals surface area contributed by atoms with Crippen LogP contribution in [0, 0.1) is 0 Å². The van der Waals surface area contributed by atoms with E-state index in [1.165, 1.54) is 19.2 Å². The number of ether oxygens (including phenoxy) is 1. The first-order chi connectivity index (χ1) is 6.09. The van der Waals surface area contributed by atoms with E-state index in [9.17, 15) is 9.59 Å². The van der Waals surface area contributed by atoms with Crippen molar-refractivity contribution in [1.82, 2.24) is 9.97 Å². The minimum atomic E-state index is -0.522. The van der Waals surface area contributed by atoms with Crippen molar-refractivity contribution in [3.05, 3.63) is 28.4 Å². The molecular formula is C8H10N2O3. The van der Waals surface area contributed by atoms with Crippen LogP contribution in [-0.2, 0) is 9.53 Å². The Morgan fingerprint density at radius 3 is 2.92 bits per heavy atom. The third-order valence-corrected chi connectivity index (χ3v) is 1.42. The maximum atomic E-state index is 10.8. The van der Waals surface area contributed by atoms with Crippen molar-refractivity contribution in [3.63, 3.8) is 0 Å². The Labute approximate surface area is 74.8 Å². The monoisotopic (exact) mass is 182 g/mol. The Bertz CT molecular complexity index is 358. The summed E-state index contributed by atoms with van der Waals surface area (Å²) in [6.07, 6.45) is 0.847. The molecule has 0 aromatic carbocycles. The molecule has 0 aliphatic heterocycles. The van der Waals surface area contributed by atoms with Gasteiger partial charge in [-0.2, -0.15) is 0 Å². The van der Waals surface area contributed by atoms with Crippen LogP contribution in [0.25, 0.3) is 0 Å². The van der Waals surface area contributed by atoms with Crippen LogP contribution in [0.3, 0.4) is 0 Å². The molecule has 0 amide bonds. The van der Waals surface area contributed by atoms with E-state index in [0.717, 1.165) is 0 Å². The number of carbonyl (C=O) groups excluding carboxylic acids is 1. The van der Waals surface area contributed by atoms with Crippen molar-refractivity contribution in [3.8, 4) is 0 Å². The normalized spacial score (nSPS) is 12.2. The molecule has 0 aliphatic carbocycles. The predicted molar refractivity (Wildman–Crippen MR) is 45.0 cm³/mol. The van der Waals surface area contributed by atoms with E-state index in [-0.39, 0.29) is 5.56 Å². The highest BCUT2D eigenvalue weighted by atomic mass is 16.5. The van der Waals surface area contributed by atoms with E-state index in [2.05, 4.69) is 9.97 Å².